The van der Waals surface area contributed by atoms with Gasteiger partial charge >= 0.3 is 5.97 Å². The van der Waals surface area contributed by atoms with Crippen molar-refractivity contribution in [2.24, 2.45) is 0 Å². The van der Waals surface area contributed by atoms with E-state index in [2.05, 4.69) is 5.32 Å². The fraction of sp³-hybridized carbons (Fsp3) is 0.533. The Bertz CT molecular complexity index is 450. The highest BCUT2D eigenvalue weighted by atomic mass is 16.5. The second-order valence-electron chi connectivity index (χ2n) is 4.20. The molecular weight excluding hydrogens is 274 g/mol. The first-order valence-electron chi connectivity index (χ1n) is 6.82. The van der Waals surface area contributed by atoms with Crippen LogP contribution in [-0.4, -0.2) is 40.5 Å². The molecule has 1 N–H and O–H groups in total. The number of nitrogens with one attached hydrogen (secondary N) is 1. The Hall–Kier alpha value is -1.95. The lowest BCUT2D eigenvalue weighted by atomic mass is 10.1. The van der Waals surface area contributed by atoms with Gasteiger partial charge in [-0.3, -0.25) is 0 Å². The molecule has 1 aromatic carbocycles. The maximum atomic E-state index is 12.1. The lowest BCUT2D eigenvalue weighted by Gasteiger charge is -2.20. The molecule has 0 amide bonds. The zero-order chi connectivity index (χ0) is 15.8. The lowest BCUT2D eigenvalue weighted by molar-refractivity contribution is -0.145. The number of methoxy groups -OCH3 is 3. The average Bonchev–Trinajstić information content (AvgIpc) is 2.51. The van der Waals surface area contributed by atoms with Crippen LogP contribution < -0.4 is 19.5 Å². The molecule has 21 heavy (non-hydrogen) atoms. The van der Waals surface area contributed by atoms with Gasteiger partial charge in [0.05, 0.1) is 27.9 Å². The second-order valence-corrected chi connectivity index (χ2v) is 4.20. The van der Waals surface area contributed by atoms with Crippen LogP contribution in [0.2, 0.25) is 0 Å². The zero-order valence-corrected chi connectivity index (χ0v) is 13.2. The third kappa shape index (κ3) is 4.01. The fourth-order valence-corrected chi connectivity index (χ4v) is 2.04. The molecule has 0 radical (unpaired) electrons. The van der Waals surface area contributed by atoms with E-state index in [1.165, 1.54) is 21.3 Å². The van der Waals surface area contributed by atoms with Crippen molar-refractivity contribution in [2.75, 3.05) is 34.5 Å². The van der Waals surface area contributed by atoms with E-state index >= 15 is 0 Å². The summed E-state index contributed by atoms with van der Waals surface area (Å²) in [5.41, 5.74) is 0.699. The smallest absolute Gasteiger partial charge is 0.327 e. The highest BCUT2D eigenvalue weighted by Crippen LogP contribution is 2.39. The summed E-state index contributed by atoms with van der Waals surface area (Å²) in [5, 5.41) is 3.10. The van der Waals surface area contributed by atoms with Crippen LogP contribution in [0.5, 0.6) is 17.2 Å². The number of esters is 1. The summed E-state index contributed by atoms with van der Waals surface area (Å²) >= 11 is 0. The Morgan fingerprint density at radius 1 is 1.10 bits per heavy atom. The third-order valence-electron chi connectivity index (χ3n) is 2.95. The molecule has 0 bridgehead atoms. The number of likely N-dealkylation sites (N-methyl/N-ethyl adjacent to an activating group) is 1. The monoisotopic (exact) mass is 297 g/mol. The van der Waals surface area contributed by atoms with Gasteiger partial charge < -0.3 is 24.3 Å². The van der Waals surface area contributed by atoms with Crippen molar-refractivity contribution in [1.82, 2.24) is 5.32 Å². The van der Waals surface area contributed by atoms with Crippen LogP contribution in [0.3, 0.4) is 0 Å². The van der Waals surface area contributed by atoms with Crippen LogP contribution >= 0.6 is 0 Å². The van der Waals surface area contributed by atoms with E-state index in [0.29, 0.717) is 36.0 Å². The summed E-state index contributed by atoms with van der Waals surface area (Å²) in [6.45, 7) is 4.64. The molecule has 0 aliphatic carbocycles. The van der Waals surface area contributed by atoms with Crippen LogP contribution in [0, 0.1) is 0 Å². The molecule has 1 aromatic rings. The largest absolute Gasteiger partial charge is 0.493 e. The number of benzene rings is 1. The highest BCUT2D eigenvalue weighted by molar-refractivity contribution is 5.78. The van der Waals surface area contributed by atoms with E-state index in [1.54, 1.807) is 19.1 Å². The van der Waals surface area contributed by atoms with Crippen LogP contribution in [0.25, 0.3) is 0 Å². The number of ether oxygens (including phenoxy) is 4. The molecule has 6 heteroatoms. The van der Waals surface area contributed by atoms with Crippen molar-refractivity contribution < 1.29 is 23.7 Å². The molecule has 1 atom stereocenters. The summed E-state index contributed by atoms with van der Waals surface area (Å²) in [5.74, 6) is 1.15. The Morgan fingerprint density at radius 2 is 1.67 bits per heavy atom. The summed E-state index contributed by atoms with van der Waals surface area (Å²) in [6.07, 6.45) is 0. The highest BCUT2D eigenvalue weighted by Gasteiger charge is 2.24. The third-order valence-corrected chi connectivity index (χ3v) is 2.95. The Morgan fingerprint density at radius 3 is 2.05 bits per heavy atom. The molecule has 0 fully saturated rings. The van der Waals surface area contributed by atoms with Crippen LogP contribution in [0.4, 0.5) is 0 Å². The fourth-order valence-electron chi connectivity index (χ4n) is 2.04. The van der Waals surface area contributed by atoms with E-state index in [0.717, 1.165) is 0 Å². The SMILES string of the molecule is CCNC(C(=O)OCC)c1cc(OC)c(OC)c(OC)c1. The van der Waals surface area contributed by atoms with Crippen molar-refractivity contribution >= 4 is 5.97 Å². The van der Waals surface area contributed by atoms with Gasteiger partial charge in [0.15, 0.2) is 11.5 Å². The summed E-state index contributed by atoms with van der Waals surface area (Å²) in [4.78, 5) is 12.1. The van der Waals surface area contributed by atoms with E-state index in [1.807, 2.05) is 6.92 Å². The summed E-state index contributed by atoms with van der Waals surface area (Å²) in [6, 6.07) is 2.90. The van der Waals surface area contributed by atoms with Gasteiger partial charge in [-0.15, -0.1) is 0 Å². The van der Waals surface area contributed by atoms with Gasteiger partial charge in [-0.05, 0) is 31.2 Å². The Balaban J connectivity index is 3.27. The number of carbonyl (C=O) groups is 1. The van der Waals surface area contributed by atoms with Gasteiger partial charge in [0.2, 0.25) is 5.75 Å². The Labute approximate surface area is 125 Å². The van der Waals surface area contributed by atoms with Gasteiger partial charge in [0.25, 0.3) is 0 Å². The van der Waals surface area contributed by atoms with E-state index in [-0.39, 0.29) is 5.97 Å². The molecule has 0 spiro atoms. The van der Waals surface area contributed by atoms with Crippen molar-refractivity contribution in [3.05, 3.63) is 17.7 Å². The topological polar surface area (TPSA) is 66.0 Å². The van der Waals surface area contributed by atoms with E-state index in [4.69, 9.17) is 18.9 Å². The first-order valence-corrected chi connectivity index (χ1v) is 6.82. The standard InChI is InChI=1S/C15H23NO5/c1-6-16-13(15(17)21-7-2)10-8-11(18-3)14(20-5)12(9-10)19-4/h8-9,13,16H,6-7H2,1-5H3. The minimum atomic E-state index is -0.580. The van der Waals surface area contributed by atoms with Gasteiger partial charge in [0, 0.05) is 0 Å². The molecule has 0 aliphatic rings. The van der Waals surface area contributed by atoms with Gasteiger partial charge in [-0.25, -0.2) is 4.79 Å². The molecule has 0 saturated carbocycles. The minimum Gasteiger partial charge on any atom is -0.493 e. The van der Waals surface area contributed by atoms with Crippen molar-refractivity contribution in [1.29, 1.82) is 0 Å². The molecule has 1 rings (SSSR count). The van der Waals surface area contributed by atoms with E-state index in [9.17, 15) is 4.79 Å². The minimum absolute atomic E-state index is 0.325. The number of carbonyl (C=O) groups excluding carboxylic acids is 1. The van der Waals surface area contributed by atoms with E-state index < -0.39 is 6.04 Å². The number of rotatable bonds is 8. The predicted molar refractivity (Wildman–Crippen MR) is 79.1 cm³/mol. The van der Waals surface area contributed by atoms with Crippen LogP contribution in [0.1, 0.15) is 25.5 Å². The molecule has 1 unspecified atom stereocenters. The molecule has 118 valence electrons. The Kier molecular flexibility index (Phi) is 6.81. The molecule has 0 saturated heterocycles. The molecule has 0 aromatic heterocycles. The van der Waals surface area contributed by atoms with Gasteiger partial charge in [-0.2, -0.15) is 0 Å². The van der Waals surface area contributed by atoms with Crippen LogP contribution in [0.15, 0.2) is 12.1 Å². The average molecular weight is 297 g/mol. The maximum Gasteiger partial charge on any atom is 0.327 e. The lowest BCUT2D eigenvalue weighted by Crippen LogP contribution is -2.30. The maximum absolute atomic E-state index is 12.1. The van der Waals surface area contributed by atoms with Crippen LogP contribution in [-0.2, 0) is 9.53 Å². The number of hydrogen-bond acceptors (Lipinski definition) is 6. The first-order chi connectivity index (χ1) is 10.1. The molecule has 6 nitrogen and oxygen atoms in total. The summed E-state index contributed by atoms with van der Waals surface area (Å²) < 4.78 is 21.0. The van der Waals surface area contributed by atoms with Crippen molar-refractivity contribution in [2.45, 2.75) is 19.9 Å². The molecular formula is C15H23NO5. The normalized spacial score (nSPS) is 11.7. The summed E-state index contributed by atoms with van der Waals surface area (Å²) in [7, 11) is 4.61. The van der Waals surface area contributed by atoms with Crippen molar-refractivity contribution in [3.63, 3.8) is 0 Å². The zero-order valence-electron chi connectivity index (χ0n) is 13.2. The molecule has 0 aliphatic heterocycles. The van der Waals surface area contributed by atoms with Crippen molar-refractivity contribution in [3.8, 4) is 17.2 Å². The van der Waals surface area contributed by atoms with Gasteiger partial charge in [-0.1, -0.05) is 6.92 Å². The number of hydrogen-bond donors (Lipinski definition) is 1. The predicted octanol–water partition coefficient (Wildman–Crippen LogP) is 1.93. The quantitative estimate of drug-likeness (QED) is 0.740. The van der Waals surface area contributed by atoms with Gasteiger partial charge in [0.1, 0.15) is 6.04 Å². The molecule has 0 heterocycles. The first kappa shape index (κ1) is 17.1. The second kappa shape index (κ2) is 8.36.